The molecular weight excluding hydrogens is 340 g/mol. The third-order valence-electron chi connectivity index (χ3n) is 3.91. The molecule has 2 heterocycles. The maximum Gasteiger partial charge on any atom is 0.236 e. The normalized spacial score (nSPS) is 13.3. The number of rotatable bonds is 5. The molecule has 2 aromatic heterocycles. The van der Waals surface area contributed by atoms with Crippen LogP contribution in [0.5, 0.6) is 0 Å². The highest BCUT2D eigenvalue weighted by Gasteiger charge is 2.27. The van der Waals surface area contributed by atoms with E-state index in [9.17, 15) is 4.79 Å². The lowest BCUT2D eigenvalue weighted by atomic mass is 10.2. The number of aromatic nitrogens is 3. The van der Waals surface area contributed by atoms with Gasteiger partial charge >= 0.3 is 0 Å². The zero-order chi connectivity index (χ0) is 17.4. The monoisotopic (exact) mass is 362 g/mol. The van der Waals surface area contributed by atoms with Crippen molar-refractivity contribution in [3.8, 4) is 0 Å². The van der Waals surface area contributed by atoms with E-state index >= 15 is 0 Å². The van der Waals surface area contributed by atoms with Gasteiger partial charge in [-0.2, -0.15) is 0 Å². The fourth-order valence-corrected chi connectivity index (χ4v) is 4.90. The molecule has 0 fully saturated rings. The summed E-state index contributed by atoms with van der Waals surface area (Å²) < 4.78 is 3.22. The number of nitrogens with zero attached hydrogens (tertiary/aromatic N) is 4. The van der Waals surface area contributed by atoms with Crippen molar-refractivity contribution in [2.75, 3.05) is 0 Å². The lowest BCUT2D eigenvalue weighted by Crippen LogP contribution is -2.45. The predicted molar refractivity (Wildman–Crippen MR) is 101 cm³/mol. The standard InChI is InChI=1S/C17H22N4OS2/c1-10(2)20(11(3)4)15(22)12(5)23-16-18-19-17-21(16)13-8-6-7-9-14(13)24-17/h6-12H,1-5H3. The zero-order valence-electron chi connectivity index (χ0n) is 14.6. The van der Waals surface area contributed by atoms with Crippen LogP contribution in [-0.2, 0) is 4.79 Å². The molecule has 0 aliphatic carbocycles. The first-order chi connectivity index (χ1) is 11.4. The largest absolute Gasteiger partial charge is 0.337 e. The third-order valence-corrected chi connectivity index (χ3v) is 5.95. The van der Waals surface area contributed by atoms with Gasteiger partial charge in [-0.1, -0.05) is 35.2 Å². The van der Waals surface area contributed by atoms with Crippen LogP contribution in [0.1, 0.15) is 34.6 Å². The first-order valence-corrected chi connectivity index (χ1v) is 9.81. The molecule has 1 amide bonds. The molecule has 0 spiro atoms. The van der Waals surface area contributed by atoms with Crippen molar-refractivity contribution in [1.82, 2.24) is 19.5 Å². The van der Waals surface area contributed by atoms with Crippen LogP contribution < -0.4 is 0 Å². The Kier molecular flexibility index (Phi) is 4.83. The van der Waals surface area contributed by atoms with Gasteiger partial charge in [0.05, 0.1) is 15.5 Å². The summed E-state index contributed by atoms with van der Waals surface area (Å²) in [4.78, 5) is 15.6. The number of fused-ring (bicyclic) bond motifs is 3. The molecule has 0 aliphatic heterocycles. The van der Waals surface area contributed by atoms with Crippen molar-refractivity contribution in [2.24, 2.45) is 0 Å². The lowest BCUT2D eigenvalue weighted by Gasteiger charge is -2.32. The second-order valence-electron chi connectivity index (χ2n) is 6.36. The van der Waals surface area contributed by atoms with Crippen LogP contribution in [0.3, 0.4) is 0 Å². The van der Waals surface area contributed by atoms with Crippen molar-refractivity contribution in [3.05, 3.63) is 24.3 Å². The minimum atomic E-state index is -0.208. The Morgan fingerprint density at radius 2 is 1.79 bits per heavy atom. The van der Waals surface area contributed by atoms with Crippen LogP contribution in [0.2, 0.25) is 0 Å². The number of benzene rings is 1. The summed E-state index contributed by atoms with van der Waals surface area (Å²) in [5, 5.41) is 9.13. The molecule has 3 aromatic rings. The van der Waals surface area contributed by atoms with Crippen LogP contribution >= 0.6 is 23.1 Å². The van der Waals surface area contributed by atoms with E-state index in [-0.39, 0.29) is 23.2 Å². The number of thioether (sulfide) groups is 1. The molecular formula is C17H22N4OS2. The summed E-state index contributed by atoms with van der Waals surface area (Å²) in [7, 11) is 0. The first kappa shape index (κ1) is 17.2. The fraction of sp³-hybridized carbons (Fsp3) is 0.471. The minimum Gasteiger partial charge on any atom is -0.337 e. The number of thiazole rings is 1. The van der Waals surface area contributed by atoms with Gasteiger partial charge in [-0.25, -0.2) is 0 Å². The van der Waals surface area contributed by atoms with Crippen molar-refractivity contribution in [3.63, 3.8) is 0 Å². The average molecular weight is 363 g/mol. The Labute approximate surface area is 150 Å². The number of carbonyl (C=O) groups excluding carboxylic acids is 1. The summed E-state index contributed by atoms with van der Waals surface area (Å²) >= 11 is 3.09. The average Bonchev–Trinajstić information content (AvgIpc) is 3.06. The van der Waals surface area contributed by atoms with Crippen molar-refractivity contribution < 1.29 is 4.79 Å². The van der Waals surface area contributed by atoms with Gasteiger partial charge in [0.2, 0.25) is 10.9 Å². The minimum absolute atomic E-state index is 0.140. The topological polar surface area (TPSA) is 50.5 Å². The zero-order valence-corrected chi connectivity index (χ0v) is 16.2. The number of hydrogen-bond donors (Lipinski definition) is 0. The molecule has 0 saturated heterocycles. The maximum absolute atomic E-state index is 12.8. The van der Waals surface area contributed by atoms with Gasteiger partial charge < -0.3 is 4.90 Å². The molecule has 1 aromatic carbocycles. The van der Waals surface area contributed by atoms with E-state index in [1.807, 2.05) is 28.4 Å². The molecule has 0 N–H and O–H groups in total. The second kappa shape index (κ2) is 6.72. The second-order valence-corrected chi connectivity index (χ2v) is 8.68. The van der Waals surface area contributed by atoms with Crippen LogP contribution in [0.25, 0.3) is 15.2 Å². The van der Waals surface area contributed by atoms with Crippen molar-refractivity contribution in [2.45, 2.75) is 57.1 Å². The molecule has 1 unspecified atom stereocenters. The molecule has 128 valence electrons. The van der Waals surface area contributed by atoms with Gasteiger partial charge in [0.25, 0.3) is 0 Å². The van der Waals surface area contributed by atoms with Crippen LogP contribution in [-0.4, -0.2) is 42.7 Å². The van der Waals surface area contributed by atoms with Gasteiger partial charge in [-0.3, -0.25) is 9.20 Å². The molecule has 0 saturated carbocycles. The smallest absolute Gasteiger partial charge is 0.236 e. The Balaban J connectivity index is 1.90. The molecule has 0 aliphatic rings. The molecule has 7 heteroatoms. The van der Waals surface area contributed by atoms with Crippen molar-refractivity contribution >= 4 is 44.2 Å². The molecule has 24 heavy (non-hydrogen) atoms. The number of carbonyl (C=O) groups is 1. The fourth-order valence-electron chi connectivity index (χ4n) is 2.96. The highest BCUT2D eigenvalue weighted by atomic mass is 32.2. The Bertz CT molecular complexity index is 860. The maximum atomic E-state index is 12.8. The van der Waals surface area contributed by atoms with E-state index in [4.69, 9.17) is 0 Å². The Morgan fingerprint density at radius 1 is 1.12 bits per heavy atom. The SMILES string of the molecule is CC(Sc1nnc2sc3ccccc3n12)C(=O)N(C(C)C)C(C)C. The van der Waals surface area contributed by atoms with E-state index in [0.29, 0.717) is 0 Å². The summed E-state index contributed by atoms with van der Waals surface area (Å²) in [6.45, 7) is 10.2. The first-order valence-electron chi connectivity index (χ1n) is 8.11. The quantitative estimate of drug-likeness (QED) is 0.642. The Hall–Kier alpha value is -1.60. The van der Waals surface area contributed by atoms with Crippen LogP contribution in [0.4, 0.5) is 0 Å². The van der Waals surface area contributed by atoms with Crippen LogP contribution in [0.15, 0.2) is 29.4 Å². The predicted octanol–water partition coefficient (Wildman–Crippen LogP) is 4.07. The highest BCUT2D eigenvalue weighted by molar-refractivity contribution is 8.00. The number of para-hydroxylation sites is 1. The van der Waals surface area contributed by atoms with Gasteiger partial charge in [-0.05, 0) is 46.8 Å². The van der Waals surface area contributed by atoms with Gasteiger partial charge in [0.1, 0.15) is 0 Å². The van der Waals surface area contributed by atoms with Gasteiger partial charge in [-0.15, -0.1) is 10.2 Å². The van der Waals surface area contributed by atoms with Crippen molar-refractivity contribution in [1.29, 1.82) is 0 Å². The van der Waals surface area contributed by atoms with Gasteiger partial charge in [0, 0.05) is 12.1 Å². The molecule has 0 radical (unpaired) electrons. The van der Waals surface area contributed by atoms with E-state index in [1.165, 1.54) is 16.5 Å². The molecule has 5 nitrogen and oxygen atoms in total. The Morgan fingerprint density at radius 3 is 2.46 bits per heavy atom. The molecule has 1 atom stereocenters. The van der Waals surface area contributed by atoms with E-state index in [2.05, 4.69) is 50.0 Å². The number of amides is 1. The van der Waals surface area contributed by atoms with E-state index < -0.39 is 0 Å². The van der Waals surface area contributed by atoms with Gasteiger partial charge in [0.15, 0.2) is 5.16 Å². The summed E-state index contributed by atoms with van der Waals surface area (Å²) in [6, 6.07) is 8.54. The summed E-state index contributed by atoms with van der Waals surface area (Å²) in [5.74, 6) is 0.140. The summed E-state index contributed by atoms with van der Waals surface area (Å²) in [6.07, 6.45) is 0. The number of hydrogen-bond acceptors (Lipinski definition) is 5. The highest BCUT2D eigenvalue weighted by Crippen LogP contribution is 2.31. The molecule has 3 rings (SSSR count). The lowest BCUT2D eigenvalue weighted by molar-refractivity contribution is -0.133. The van der Waals surface area contributed by atoms with E-state index in [0.717, 1.165) is 15.6 Å². The third kappa shape index (κ3) is 3.02. The molecule has 0 bridgehead atoms. The van der Waals surface area contributed by atoms with Crippen LogP contribution in [0, 0.1) is 0 Å². The summed E-state index contributed by atoms with van der Waals surface area (Å²) in [5.41, 5.74) is 1.09. The van der Waals surface area contributed by atoms with E-state index in [1.54, 1.807) is 11.3 Å².